The molecule has 146 valence electrons. The summed E-state index contributed by atoms with van der Waals surface area (Å²) in [4.78, 5) is 12.0. The van der Waals surface area contributed by atoms with E-state index in [1.165, 1.54) is 5.56 Å². The molecule has 0 aliphatic carbocycles. The molecule has 1 N–H and O–H groups in total. The molecule has 27 heavy (non-hydrogen) atoms. The van der Waals surface area contributed by atoms with E-state index in [2.05, 4.69) is 18.3 Å². The van der Waals surface area contributed by atoms with E-state index in [1.807, 2.05) is 30.3 Å². The molecular formula is C21H25Cl2NO2S. The number of hydrogen-bond donors (Lipinski definition) is 1. The second-order valence-electron chi connectivity index (χ2n) is 6.14. The van der Waals surface area contributed by atoms with Crippen molar-refractivity contribution in [2.24, 2.45) is 0 Å². The molecule has 6 heteroatoms. The summed E-state index contributed by atoms with van der Waals surface area (Å²) in [6.07, 6.45) is 2.75. The predicted octanol–water partition coefficient (Wildman–Crippen LogP) is 5.76. The first-order valence-electron chi connectivity index (χ1n) is 9.09. The Hall–Kier alpha value is -1.36. The molecule has 0 aromatic heterocycles. The molecule has 0 fully saturated rings. The van der Waals surface area contributed by atoms with Crippen molar-refractivity contribution < 1.29 is 9.53 Å². The predicted molar refractivity (Wildman–Crippen MR) is 116 cm³/mol. The average Bonchev–Trinajstić information content (AvgIpc) is 2.66. The fraction of sp³-hybridized carbons (Fsp3) is 0.381. The first-order chi connectivity index (χ1) is 13.1. The van der Waals surface area contributed by atoms with Gasteiger partial charge < -0.3 is 10.1 Å². The lowest BCUT2D eigenvalue weighted by Gasteiger charge is -2.11. The van der Waals surface area contributed by atoms with Gasteiger partial charge in [-0.1, -0.05) is 54.4 Å². The third-order valence-corrected chi connectivity index (χ3v) is 5.45. The number of amides is 1. The highest BCUT2D eigenvalue weighted by molar-refractivity contribution is 7.99. The highest BCUT2D eigenvalue weighted by Crippen LogP contribution is 2.24. The number of ether oxygens (including phenoxy) is 1. The summed E-state index contributed by atoms with van der Waals surface area (Å²) in [5, 5.41) is 4.23. The van der Waals surface area contributed by atoms with Crippen LogP contribution in [0, 0.1) is 0 Å². The molecule has 0 aliphatic heterocycles. The molecule has 0 unspecified atom stereocenters. The second-order valence-corrected chi connectivity index (χ2v) is 7.97. The molecule has 1 amide bonds. The van der Waals surface area contributed by atoms with E-state index >= 15 is 0 Å². The lowest BCUT2D eigenvalue weighted by molar-refractivity contribution is -0.118. The lowest BCUT2D eigenvalue weighted by atomic mass is 10.1. The van der Waals surface area contributed by atoms with Gasteiger partial charge in [0.15, 0.2) is 0 Å². The standard InChI is InChI=1S/C21H25Cl2NO2S/c1-2-12-26-20-8-4-3-6-16(20)7-5-11-24-21(25)15-27-14-17-9-10-18(22)13-19(17)23/h3-4,6,8-10,13H,2,5,7,11-12,14-15H2,1H3,(H,24,25). The van der Waals surface area contributed by atoms with E-state index in [4.69, 9.17) is 27.9 Å². The Kier molecular flexibility index (Phi) is 9.89. The molecule has 0 atom stereocenters. The van der Waals surface area contributed by atoms with Crippen molar-refractivity contribution in [1.82, 2.24) is 5.32 Å². The molecule has 0 radical (unpaired) electrons. The summed E-state index contributed by atoms with van der Waals surface area (Å²) in [6.45, 7) is 3.48. The van der Waals surface area contributed by atoms with E-state index in [1.54, 1.807) is 17.8 Å². The summed E-state index contributed by atoms with van der Waals surface area (Å²) in [6, 6.07) is 13.5. The Morgan fingerprint density at radius 2 is 1.96 bits per heavy atom. The molecule has 0 aliphatic rings. The maximum Gasteiger partial charge on any atom is 0.230 e. The maximum atomic E-state index is 12.0. The zero-order valence-electron chi connectivity index (χ0n) is 15.5. The zero-order chi connectivity index (χ0) is 19.5. The quantitative estimate of drug-likeness (QED) is 0.464. The van der Waals surface area contributed by atoms with Crippen molar-refractivity contribution in [3.63, 3.8) is 0 Å². The van der Waals surface area contributed by atoms with E-state index in [0.29, 0.717) is 28.1 Å². The number of hydrogen-bond acceptors (Lipinski definition) is 3. The fourth-order valence-electron chi connectivity index (χ4n) is 2.51. The van der Waals surface area contributed by atoms with Crippen LogP contribution in [-0.2, 0) is 17.0 Å². The number of carbonyl (C=O) groups is 1. The molecule has 0 saturated heterocycles. The van der Waals surface area contributed by atoms with Gasteiger partial charge in [0.05, 0.1) is 12.4 Å². The van der Waals surface area contributed by atoms with Crippen LogP contribution in [0.15, 0.2) is 42.5 Å². The van der Waals surface area contributed by atoms with E-state index < -0.39 is 0 Å². The second kappa shape index (κ2) is 12.2. The summed E-state index contributed by atoms with van der Waals surface area (Å²) in [7, 11) is 0. The number of halogens is 2. The maximum absolute atomic E-state index is 12.0. The molecule has 2 aromatic carbocycles. The van der Waals surface area contributed by atoms with Crippen molar-refractivity contribution in [3.8, 4) is 5.75 Å². The Morgan fingerprint density at radius 1 is 1.15 bits per heavy atom. The molecule has 2 rings (SSSR count). The van der Waals surface area contributed by atoms with Gasteiger partial charge in [-0.05, 0) is 48.6 Å². The topological polar surface area (TPSA) is 38.3 Å². The van der Waals surface area contributed by atoms with Gasteiger partial charge in [0.2, 0.25) is 5.91 Å². The molecule has 0 bridgehead atoms. The smallest absolute Gasteiger partial charge is 0.230 e. The van der Waals surface area contributed by atoms with Crippen molar-refractivity contribution in [1.29, 1.82) is 0 Å². The minimum atomic E-state index is 0.0422. The fourth-order valence-corrected chi connectivity index (χ4v) is 3.93. The van der Waals surface area contributed by atoms with E-state index in [9.17, 15) is 4.79 Å². The van der Waals surface area contributed by atoms with Gasteiger partial charge in [0.25, 0.3) is 0 Å². The van der Waals surface area contributed by atoms with Gasteiger partial charge in [-0.3, -0.25) is 4.79 Å². The van der Waals surface area contributed by atoms with Crippen LogP contribution >= 0.6 is 35.0 Å². The van der Waals surface area contributed by atoms with Crippen LogP contribution in [0.1, 0.15) is 30.9 Å². The molecular weight excluding hydrogens is 401 g/mol. The average molecular weight is 426 g/mol. The van der Waals surface area contributed by atoms with Gasteiger partial charge in [0, 0.05) is 22.3 Å². The minimum absolute atomic E-state index is 0.0422. The number of para-hydroxylation sites is 1. The Morgan fingerprint density at radius 3 is 2.74 bits per heavy atom. The molecule has 0 spiro atoms. The van der Waals surface area contributed by atoms with Crippen LogP contribution in [0.3, 0.4) is 0 Å². The van der Waals surface area contributed by atoms with Crippen molar-refractivity contribution in [2.75, 3.05) is 18.9 Å². The van der Waals surface area contributed by atoms with E-state index in [-0.39, 0.29) is 5.91 Å². The number of nitrogens with one attached hydrogen (secondary N) is 1. The Balaban J connectivity index is 1.65. The van der Waals surface area contributed by atoms with Gasteiger partial charge in [-0.25, -0.2) is 0 Å². The molecule has 2 aromatic rings. The number of benzene rings is 2. The van der Waals surface area contributed by atoms with Crippen LogP contribution in [-0.4, -0.2) is 24.8 Å². The third-order valence-electron chi connectivity index (χ3n) is 3.89. The van der Waals surface area contributed by atoms with Crippen LogP contribution in [0.4, 0.5) is 0 Å². The van der Waals surface area contributed by atoms with Crippen LogP contribution < -0.4 is 10.1 Å². The SMILES string of the molecule is CCCOc1ccccc1CCCNC(=O)CSCc1ccc(Cl)cc1Cl. The molecule has 0 saturated carbocycles. The summed E-state index contributed by atoms with van der Waals surface area (Å²) in [5.74, 6) is 2.09. The Bertz CT molecular complexity index is 740. The van der Waals surface area contributed by atoms with Crippen molar-refractivity contribution >= 4 is 40.9 Å². The number of rotatable bonds is 11. The van der Waals surface area contributed by atoms with Gasteiger partial charge in [-0.15, -0.1) is 11.8 Å². The zero-order valence-corrected chi connectivity index (χ0v) is 17.8. The number of carbonyl (C=O) groups excluding carboxylic acids is 1. The normalized spacial score (nSPS) is 10.6. The summed E-state index contributed by atoms with van der Waals surface area (Å²) >= 11 is 13.6. The molecule has 0 heterocycles. The highest BCUT2D eigenvalue weighted by atomic mass is 35.5. The van der Waals surface area contributed by atoms with Crippen LogP contribution in [0.5, 0.6) is 5.75 Å². The van der Waals surface area contributed by atoms with Crippen LogP contribution in [0.25, 0.3) is 0 Å². The van der Waals surface area contributed by atoms with E-state index in [0.717, 1.165) is 37.2 Å². The molecule has 3 nitrogen and oxygen atoms in total. The van der Waals surface area contributed by atoms with Gasteiger partial charge in [0.1, 0.15) is 5.75 Å². The van der Waals surface area contributed by atoms with Crippen molar-refractivity contribution in [3.05, 3.63) is 63.6 Å². The number of thioether (sulfide) groups is 1. The minimum Gasteiger partial charge on any atom is -0.493 e. The lowest BCUT2D eigenvalue weighted by Crippen LogP contribution is -2.26. The van der Waals surface area contributed by atoms with Crippen molar-refractivity contribution in [2.45, 2.75) is 31.9 Å². The first kappa shape index (κ1) is 21.9. The highest BCUT2D eigenvalue weighted by Gasteiger charge is 2.06. The summed E-state index contributed by atoms with van der Waals surface area (Å²) in [5.41, 5.74) is 2.18. The first-order valence-corrected chi connectivity index (χ1v) is 11.0. The third kappa shape index (κ3) is 8.04. The summed E-state index contributed by atoms with van der Waals surface area (Å²) < 4.78 is 5.77. The van der Waals surface area contributed by atoms with Crippen LogP contribution in [0.2, 0.25) is 10.0 Å². The number of aryl methyl sites for hydroxylation is 1. The monoisotopic (exact) mass is 425 g/mol. The van der Waals surface area contributed by atoms with Gasteiger partial charge >= 0.3 is 0 Å². The largest absolute Gasteiger partial charge is 0.493 e. The Labute approximate surface area is 175 Å². The van der Waals surface area contributed by atoms with Gasteiger partial charge in [-0.2, -0.15) is 0 Å².